The number of hydrogen-bond acceptors (Lipinski definition) is 1. The summed E-state index contributed by atoms with van der Waals surface area (Å²) in [4.78, 5) is 0. The molecule has 1 N–H and O–H groups in total. The van der Waals surface area contributed by atoms with E-state index in [1.54, 1.807) is 6.08 Å². The minimum Gasteiger partial charge on any atom is -0.314 e. The number of halogens is 3. The van der Waals surface area contributed by atoms with Crippen LogP contribution >= 0.6 is 0 Å². The molecule has 0 aromatic heterocycles. The van der Waals surface area contributed by atoms with E-state index < -0.39 is 17.5 Å². The highest BCUT2D eigenvalue weighted by Crippen LogP contribution is 2.18. The first kappa shape index (κ1) is 12.2. The smallest absolute Gasteiger partial charge is 0.195 e. The molecule has 1 nitrogen and oxygen atoms in total. The van der Waals surface area contributed by atoms with Crippen LogP contribution in [0.1, 0.15) is 24.8 Å². The van der Waals surface area contributed by atoms with Crippen LogP contribution in [0, 0.1) is 17.5 Å². The third-order valence-electron chi connectivity index (χ3n) is 2.68. The van der Waals surface area contributed by atoms with E-state index in [1.165, 1.54) is 25.0 Å². The van der Waals surface area contributed by atoms with E-state index in [-0.39, 0.29) is 5.56 Å². The molecule has 92 valence electrons. The molecule has 0 radical (unpaired) electrons. The van der Waals surface area contributed by atoms with Gasteiger partial charge in [-0.05, 0) is 37.9 Å². The molecule has 1 aliphatic rings. The van der Waals surface area contributed by atoms with Gasteiger partial charge in [-0.15, -0.1) is 0 Å². The lowest BCUT2D eigenvalue weighted by Gasteiger charge is -2.00. The van der Waals surface area contributed by atoms with E-state index in [1.807, 2.05) is 0 Å². The Hall–Kier alpha value is -1.29. The second-order valence-corrected chi connectivity index (χ2v) is 4.18. The summed E-state index contributed by atoms with van der Waals surface area (Å²) in [6.07, 6.45) is 6.43. The summed E-state index contributed by atoms with van der Waals surface area (Å²) >= 11 is 0. The fourth-order valence-electron chi connectivity index (χ4n) is 1.54. The Morgan fingerprint density at radius 1 is 1.18 bits per heavy atom. The Balaban J connectivity index is 1.88. The maximum atomic E-state index is 13.2. The van der Waals surface area contributed by atoms with Gasteiger partial charge in [0.15, 0.2) is 17.5 Å². The fraction of sp³-hybridized carbons (Fsp3) is 0.385. The van der Waals surface area contributed by atoms with Crippen molar-refractivity contribution >= 4 is 6.08 Å². The predicted molar refractivity (Wildman–Crippen MR) is 61.0 cm³/mol. The summed E-state index contributed by atoms with van der Waals surface area (Å²) in [5, 5.41) is 3.30. The van der Waals surface area contributed by atoms with Gasteiger partial charge in [-0.2, -0.15) is 0 Å². The zero-order chi connectivity index (χ0) is 12.3. The summed E-state index contributed by atoms with van der Waals surface area (Å²) in [5.41, 5.74) is 0.0790. The summed E-state index contributed by atoms with van der Waals surface area (Å²) < 4.78 is 38.8. The highest BCUT2D eigenvalue weighted by Gasteiger charge is 2.19. The van der Waals surface area contributed by atoms with Crippen LogP contribution in [0.15, 0.2) is 18.2 Å². The minimum atomic E-state index is -1.41. The quantitative estimate of drug-likeness (QED) is 0.616. The Morgan fingerprint density at radius 2 is 1.94 bits per heavy atom. The lowest BCUT2D eigenvalue weighted by Crippen LogP contribution is -2.16. The van der Waals surface area contributed by atoms with Gasteiger partial charge in [0.1, 0.15) is 0 Å². The molecule has 0 bridgehead atoms. The maximum absolute atomic E-state index is 13.2. The SMILES string of the molecule is Fc1ccc(C=CCCNC2CC2)c(F)c1F. The zero-order valence-electron chi connectivity index (χ0n) is 9.35. The first-order chi connectivity index (χ1) is 8.18. The van der Waals surface area contributed by atoms with Crippen molar-refractivity contribution in [3.05, 3.63) is 41.2 Å². The van der Waals surface area contributed by atoms with Crippen molar-refractivity contribution in [2.45, 2.75) is 25.3 Å². The Morgan fingerprint density at radius 3 is 2.65 bits per heavy atom. The van der Waals surface area contributed by atoms with Gasteiger partial charge < -0.3 is 5.32 Å². The van der Waals surface area contributed by atoms with E-state index >= 15 is 0 Å². The van der Waals surface area contributed by atoms with E-state index in [9.17, 15) is 13.2 Å². The van der Waals surface area contributed by atoms with Gasteiger partial charge in [-0.1, -0.05) is 12.2 Å². The predicted octanol–water partition coefficient (Wildman–Crippen LogP) is 3.26. The lowest BCUT2D eigenvalue weighted by atomic mass is 10.1. The fourth-order valence-corrected chi connectivity index (χ4v) is 1.54. The van der Waals surface area contributed by atoms with E-state index in [4.69, 9.17) is 0 Å². The lowest BCUT2D eigenvalue weighted by molar-refractivity contribution is 0.446. The molecule has 0 amide bonds. The van der Waals surface area contributed by atoms with Crippen LogP contribution in [0.2, 0.25) is 0 Å². The van der Waals surface area contributed by atoms with Gasteiger partial charge in [0, 0.05) is 11.6 Å². The van der Waals surface area contributed by atoms with Gasteiger partial charge in [-0.3, -0.25) is 0 Å². The average Bonchev–Trinajstić information content (AvgIpc) is 3.12. The Bertz CT molecular complexity index is 425. The van der Waals surface area contributed by atoms with Crippen molar-refractivity contribution < 1.29 is 13.2 Å². The largest absolute Gasteiger partial charge is 0.314 e. The topological polar surface area (TPSA) is 12.0 Å². The van der Waals surface area contributed by atoms with Crippen molar-refractivity contribution in [1.29, 1.82) is 0 Å². The van der Waals surface area contributed by atoms with E-state index in [2.05, 4.69) is 5.32 Å². The third-order valence-corrected chi connectivity index (χ3v) is 2.68. The van der Waals surface area contributed by atoms with E-state index in [0.29, 0.717) is 6.04 Å². The summed E-state index contributed by atoms with van der Waals surface area (Å²) in [6.45, 7) is 0.826. The Kier molecular flexibility index (Phi) is 3.84. The van der Waals surface area contributed by atoms with Crippen LogP contribution in [0.3, 0.4) is 0 Å². The molecule has 0 saturated heterocycles. The summed E-state index contributed by atoms with van der Waals surface area (Å²) in [5.74, 6) is -3.70. The normalized spacial score (nSPS) is 15.7. The minimum absolute atomic E-state index is 0.0790. The van der Waals surface area contributed by atoms with Crippen LogP contribution in [0.4, 0.5) is 13.2 Å². The van der Waals surface area contributed by atoms with Crippen molar-refractivity contribution in [2.75, 3.05) is 6.54 Å². The second kappa shape index (κ2) is 5.36. The van der Waals surface area contributed by atoms with Crippen molar-refractivity contribution in [2.24, 2.45) is 0 Å². The van der Waals surface area contributed by atoms with Gasteiger partial charge in [0.05, 0.1) is 0 Å². The molecular formula is C13H14F3N. The molecule has 1 fully saturated rings. The first-order valence-electron chi connectivity index (χ1n) is 5.72. The second-order valence-electron chi connectivity index (χ2n) is 4.18. The van der Waals surface area contributed by atoms with Crippen LogP contribution in [0.25, 0.3) is 6.08 Å². The van der Waals surface area contributed by atoms with Crippen LogP contribution < -0.4 is 5.32 Å². The van der Waals surface area contributed by atoms with Crippen molar-refractivity contribution in [3.8, 4) is 0 Å². The van der Waals surface area contributed by atoms with Crippen LogP contribution in [-0.2, 0) is 0 Å². The maximum Gasteiger partial charge on any atom is 0.195 e. The molecule has 1 saturated carbocycles. The van der Waals surface area contributed by atoms with Crippen molar-refractivity contribution in [1.82, 2.24) is 5.32 Å². The molecule has 4 heteroatoms. The molecule has 1 aromatic carbocycles. The summed E-state index contributed by atoms with van der Waals surface area (Å²) in [6, 6.07) is 2.81. The molecule has 1 aliphatic carbocycles. The number of benzene rings is 1. The number of rotatable bonds is 5. The molecule has 2 rings (SSSR count). The van der Waals surface area contributed by atoms with Gasteiger partial charge in [0.25, 0.3) is 0 Å². The third kappa shape index (κ3) is 3.33. The Labute approximate surface area is 98.3 Å². The monoisotopic (exact) mass is 241 g/mol. The molecule has 0 heterocycles. The molecule has 17 heavy (non-hydrogen) atoms. The molecule has 0 unspecified atom stereocenters. The first-order valence-corrected chi connectivity index (χ1v) is 5.72. The number of nitrogens with one attached hydrogen (secondary N) is 1. The van der Waals surface area contributed by atoms with E-state index in [0.717, 1.165) is 19.0 Å². The van der Waals surface area contributed by atoms with Gasteiger partial charge >= 0.3 is 0 Å². The average molecular weight is 241 g/mol. The van der Waals surface area contributed by atoms with Gasteiger partial charge in [-0.25, -0.2) is 13.2 Å². The standard InChI is InChI=1S/C13H14F3N/c14-11-7-4-9(12(15)13(11)16)3-1-2-8-17-10-5-6-10/h1,3-4,7,10,17H,2,5-6,8H2. The molecular weight excluding hydrogens is 227 g/mol. The van der Waals surface area contributed by atoms with Crippen LogP contribution in [0.5, 0.6) is 0 Å². The van der Waals surface area contributed by atoms with Crippen molar-refractivity contribution in [3.63, 3.8) is 0 Å². The zero-order valence-corrected chi connectivity index (χ0v) is 9.35. The number of hydrogen-bond donors (Lipinski definition) is 1. The molecule has 0 spiro atoms. The summed E-state index contributed by atoms with van der Waals surface area (Å²) in [7, 11) is 0. The molecule has 0 atom stereocenters. The van der Waals surface area contributed by atoms with Crippen LogP contribution in [-0.4, -0.2) is 12.6 Å². The molecule has 1 aromatic rings. The highest BCUT2D eigenvalue weighted by atomic mass is 19.2. The molecule has 0 aliphatic heterocycles. The highest BCUT2D eigenvalue weighted by molar-refractivity contribution is 5.50. The van der Waals surface area contributed by atoms with Gasteiger partial charge in [0.2, 0.25) is 0 Å².